The molecule has 2 N–H and O–H groups in total. The van der Waals surface area contributed by atoms with Crippen LogP contribution in [0, 0.1) is 5.92 Å². The molecule has 1 aromatic heterocycles. The number of nitrogens with one attached hydrogen (secondary N) is 1. The summed E-state index contributed by atoms with van der Waals surface area (Å²) in [4.78, 5) is 35.5. The molecular formula is C20H32N4O3. The number of rotatable bonds is 5. The molecule has 1 aromatic rings. The second-order valence-corrected chi connectivity index (χ2v) is 8.55. The number of amides is 1. The van der Waals surface area contributed by atoms with Crippen molar-refractivity contribution in [3.63, 3.8) is 0 Å². The maximum atomic E-state index is 12.9. The van der Waals surface area contributed by atoms with Crippen LogP contribution >= 0.6 is 0 Å². The second kappa shape index (κ2) is 8.52. The maximum Gasteiger partial charge on any atom is 0.345 e. The van der Waals surface area contributed by atoms with E-state index in [0.717, 1.165) is 25.2 Å². The summed E-state index contributed by atoms with van der Waals surface area (Å²) in [6, 6.07) is 1.70. The van der Waals surface area contributed by atoms with E-state index in [0.29, 0.717) is 44.8 Å². The Hall–Kier alpha value is -1.73. The fourth-order valence-electron chi connectivity index (χ4n) is 4.23. The van der Waals surface area contributed by atoms with Crippen molar-refractivity contribution in [2.24, 2.45) is 5.92 Å². The molecule has 1 atom stereocenters. The standard InChI is InChI=1S/C20H32N4O3/c1-15(2)12-16-13-17(22-19(26)21-16)18(25)24-10-5-6-20(27,7-11-24)14-23-8-3-4-9-23/h13,15,27H,3-12,14H2,1-2H3,(H,21,22,26). The van der Waals surface area contributed by atoms with E-state index in [1.807, 2.05) is 0 Å². The van der Waals surface area contributed by atoms with Crippen molar-refractivity contribution in [3.8, 4) is 0 Å². The summed E-state index contributed by atoms with van der Waals surface area (Å²) in [5.74, 6) is 0.168. The lowest BCUT2D eigenvalue weighted by Gasteiger charge is -2.31. The highest BCUT2D eigenvalue weighted by Gasteiger charge is 2.34. The van der Waals surface area contributed by atoms with Gasteiger partial charge in [-0.3, -0.25) is 4.79 Å². The average Bonchev–Trinajstić information content (AvgIpc) is 3.01. The fourth-order valence-corrected chi connectivity index (χ4v) is 4.23. The minimum Gasteiger partial charge on any atom is -0.388 e. The number of hydrogen-bond acceptors (Lipinski definition) is 5. The Morgan fingerprint density at radius 2 is 1.96 bits per heavy atom. The Morgan fingerprint density at radius 1 is 1.22 bits per heavy atom. The van der Waals surface area contributed by atoms with E-state index in [1.165, 1.54) is 12.8 Å². The first-order chi connectivity index (χ1) is 12.8. The van der Waals surface area contributed by atoms with Crippen molar-refractivity contribution in [1.29, 1.82) is 0 Å². The van der Waals surface area contributed by atoms with E-state index < -0.39 is 11.3 Å². The summed E-state index contributed by atoms with van der Waals surface area (Å²) >= 11 is 0. The first-order valence-corrected chi connectivity index (χ1v) is 10.2. The molecule has 0 bridgehead atoms. The first-order valence-electron chi connectivity index (χ1n) is 10.2. The van der Waals surface area contributed by atoms with Gasteiger partial charge in [0.25, 0.3) is 5.91 Å². The molecule has 2 fully saturated rings. The Labute approximate surface area is 160 Å². The summed E-state index contributed by atoms with van der Waals surface area (Å²) in [6.07, 6.45) is 5.14. The van der Waals surface area contributed by atoms with E-state index in [-0.39, 0.29) is 11.6 Å². The largest absolute Gasteiger partial charge is 0.388 e. The van der Waals surface area contributed by atoms with E-state index in [1.54, 1.807) is 11.0 Å². The lowest BCUT2D eigenvalue weighted by Crippen LogP contribution is -2.43. The second-order valence-electron chi connectivity index (χ2n) is 8.55. The fraction of sp³-hybridized carbons (Fsp3) is 0.750. The molecule has 0 saturated carbocycles. The van der Waals surface area contributed by atoms with Crippen molar-refractivity contribution in [3.05, 3.63) is 27.9 Å². The van der Waals surface area contributed by atoms with Crippen LogP contribution in [-0.4, -0.2) is 69.1 Å². The Bertz CT molecular complexity index is 711. The molecule has 3 heterocycles. The third-order valence-corrected chi connectivity index (χ3v) is 5.57. The monoisotopic (exact) mass is 376 g/mol. The summed E-state index contributed by atoms with van der Waals surface area (Å²) in [6.45, 7) is 8.02. The maximum absolute atomic E-state index is 12.9. The molecule has 2 aliphatic heterocycles. The van der Waals surface area contributed by atoms with Crippen molar-refractivity contribution in [2.75, 3.05) is 32.7 Å². The van der Waals surface area contributed by atoms with Gasteiger partial charge in [0.15, 0.2) is 0 Å². The number of aliphatic hydroxyl groups is 1. The Balaban J connectivity index is 1.67. The molecule has 2 saturated heterocycles. The smallest absolute Gasteiger partial charge is 0.345 e. The molecule has 0 aromatic carbocycles. The zero-order valence-electron chi connectivity index (χ0n) is 16.5. The minimum atomic E-state index is -0.732. The number of β-amino-alcohol motifs (C(OH)–C–C–N with tert-alkyl or cyclic N) is 1. The molecule has 7 heteroatoms. The highest BCUT2D eigenvalue weighted by atomic mass is 16.3. The number of carbonyl (C=O) groups is 1. The van der Waals surface area contributed by atoms with Crippen LogP contribution in [0.2, 0.25) is 0 Å². The molecule has 0 radical (unpaired) electrons. The van der Waals surface area contributed by atoms with Crippen LogP contribution in [0.25, 0.3) is 0 Å². The highest BCUT2D eigenvalue weighted by Crippen LogP contribution is 2.25. The van der Waals surface area contributed by atoms with E-state index in [4.69, 9.17) is 0 Å². The molecule has 1 unspecified atom stereocenters. The lowest BCUT2D eigenvalue weighted by molar-refractivity contribution is -0.00292. The van der Waals surface area contributed by atoms with Gasteiger partial charge in [0.05, 0.1) is 5.60 Å². The minimum absolute atomic E-state index is 0.208. The van der Waals surface area contributed by atoms with Gasteiger partial charge in [-0.15, -0.1) is 0 Å². The number of aromatic amines is 1. The predicted molar refractivity (Wildman–Crippen MR) is 104 cm³/mol. The molecule has 27 heavy (non-hydrogen) atoms. The molecule has 1 amide bonds. The number of carbonyl (C=O) groups excluding carboxylic acids is 1. The predicted octanol–water partition coefficient (Wildman–Crippen LogP) is 1.42. The van der Waals surface area contributed by atoms with Crippen LogP contribution in [0.3, 0.4) is 0 Å². The summed E-state index contributed by atoms with van der Waals surface area (Å²) in [5.41, 5.74) is -0.256. The highest BCUT2D eigenvalue weighted by molar-refractivity contribution is 5.92. The third kappa shape index (κ3) is 5.39. The van der Waals surface area contributed by atoms with Gasteiger partial charge in [-0.05, 0) is 63.6 Å². The zero-order chi connectivity index (χ0) is 19.4. The van der Waals surface area contributed by atoms with E-state index in [2.05, 4.69) is 28.7 Å². The van der Waals surface area contributed by atoms with Crippen molar-refractivity contribution < 1.29 is 9.90 Å². The molecule has 2 aliphatic rings. The summed E-state index contributed by atoms with van der Waals surface area (Å²) in [5, 5.41) is 11.0. The molecule has 7 nitrogen and oxygen atoms in total. The van der Waals surface area contributed by atoms with Gasteiger partial charge in [0, 0.05) is 25.3 Å². The van der Waals surface area contributed by atoms with Crippen LogP contribution in [0.15, 0.2) is 10.9 Å². The van der Waals surface area contributed by atoms with Crippen molar-refractivity contribution in [2.45, 2.75) is 58.0 Å². The number of nitrogens with zero attached hydrogens (tertiary/aromatic N) is 3. The molecule has 150 valence electrons. The third-order valence-electron chi connectivity index (χ3n) is 5.57. The van der Waals surface area contributed by atoms with Gasteiger partial charge in [-0.25, -0.2) is 4.79 Å². The average molecular weight is 377 g/mol. The summed E-state index contributed by atoms with van der Waals surface area (Å²) in [7, 11) is 0. The molecule has 0 spiro atoms. The van der Waals surface area contributed by atoms with Crippen LogP contribution < -0.4 is 5.69 Å². The van der Waals surface area contributed by atoms with Crippen molar-refractivity contribution in [1.82, 2.24) is 19.8 Å². The van der Waals surface area contributed by atoms with Gasteiger partial charge in [-0.2, -0.15) is 4.98 Å². The normalized spacial score (nSPS) is 24.4. The SMILES string of the molecule is CC(C)Cc1cc(C(=O)N2CCCC(O)(CN3CCCC3)CC2)nc(=O)[nH]1. The lowest BCUT2D eigenvalue weighted by atomic mass is 9.94. The van der Waals surface area contributed by atoms with E-state index in [9.17, 15) is 14.7 Å². The van der Waals surface area contributed by atoms with Gasteiger partial charge >= 0.3 is 5.69 Å². The van der Waals surface area contributed by atoms with Gasteiger partial charge < -0.3 is 19.9 Å². The molecule has 0 aliphatic carbocycles. The number of aromatic nitrogens is 2. The van der Waals surface area contributed by atoms with Crippen LogP contribution in [0.5, 0.6) is 0 Å². The number of H-pyrrole nitrogens is 1. The van der Waals surface area contributed by atoms with Crippen LogP contribution in [0.1, 0.15) is 62.1 Å². The van der Waals surface area contributed by atoms with Crippen LogP contribution in [-0.2, 0) is 6.42 Å². The van der Waals surface area contributed by atoms with Gasteiger partial charge in [0.1, 0.15) is 5.69 Å². The molecular weight excluding hydrogens is 344 g/mol. The number of likely N-dealkylation sites (tertiary alicyclic amines) is 2. The van der Waals surface area contributed by atoms with E-state index >= 15 is 0 Å². The molecule has 3 rings (SSSR count). The topological polar surface area (TPSA) is 89.5 Å². The summed E-state index contributed by atoms with van der Waals surface area (Å²) < 4.78 is 0. The van der Waals surface area contributed by atoms with Crippen molar-refractivity contribution >= 4 is 5.91 Å². The zero-order valence-corrected chi connectivity index (χ0v) is 16.5. The van der Waals surface area contributed by atoms with Gasteiger partial charge in [-0.1, -0.05) is 13.8 Å². The van der Waals surface area contributed by atoms with Gasteiger partial charge in [0.2, 0.25) is 0 Å². The quantitative estimate of drug-likeness (QED) is 0.811. The number of hydrogen-bond donors (Lipinski definition) is 2. The Morgan fingerprint density at radius 3 is 2.67 bits per heavy atom. The first kappa shape index (κ1) is 20.0. The van der Waals surface area contributed by atoms with Crippen LogP contribution in [0.4, 0.5) is 0 Å². The Kier molecular flexibility index (Phi) is 6.32.